The lowest BCUT2D eigenvalue weighted by Crippen LogP contribution is -2.31. The minimum absolute atomic E-state index is 0.0546. The fourth-order valence-corrected chi connectivity index (χ4v) is 1.23. The van der Waals surface area contributed by atoms with Crippen LogP contribution in [0.1, 0.15) is 20.8 Å². The van der Waals surface area contributed by atoms with E-state index in [4.69, 9.17) is 5.11 Å². The molecule has 0 heterocycles. The van der Waals surface area contributed by atoms with Crippen molar-refractivity contribution in [1.29, 1.82) is 0 Å². The topological polar surface area (TPSA) is 49.3 Å². The number of hydrogen-bond donors (Lipinski definition) is 2. The van der Waals surface area contributed by atoms with Gasteiger partial charge in [-0.3, -0.25) is 4.79 Å². The molecule has 0 aromatic rings. The minimum Gasteiger partial charge on any atom is -0.396 e. The maximum atomic E-state index is 11.2. The Bertz CT molecular complexity index is 151. The lowest BCUT2D eigenvalue weighted by atomic mass is 10.2. The molecule has 4 heteroatoms. The highest BCUT2D eigenvalue weighted by Crippen LogP contribution is 2.07. The molecule has 0 aromatic heterocycles. The molecule has 0 rings (SSSR count). The molecule has 0 aromatic carbocycles. The summed E-state index contributed by atoms with van der Waals surface area (Å²) in [6.07, 6.45) is 0. The van der Waals surface area contributed by atoms with Crippen LogP contribution in [0, 0.1) is 5.92 Å². The predicted octanol–water partition coefficient (Wildman–Crippen LogP) is 0.873. The van der Waals surface area contributed by atoms with Gasteiger partial charge in [-0.25, -0.2) is 0 Å². The summed E-state index contributed by atoms with van der Waals surface area (Å²) in [7, 11) is 0. The Balaban J connectivity index is 3.40. The molecule has 0 aliphatic carbocycles. The normalized spacial score (nSPS) is 13.0. The van der Waals surface area contributed by atoms with Crippen molar-refractivity contribution in [2.24, 2.45) is 5.92 Å². The first-order valence-electron chi connectivity index (χ1n) is 4.55. The van der Waals surface area contributed by atoms with Gasteiger partial charge in [0.25, 0.3) is 0 Å². The number of hydrogen-bond acceptors (Lipinski definition) is 3. The van der Waals surface area contributed by atoms with Crippen molar-refractivity contribution in [2.45, 2.75) is 26.0 Å². The zero-order chi connectivity index (χ0) is 10.3. The van der Waals surface area contributed by atoms with E-state index in [1.54, 1.807) is 11.8 Å². The molecule has 1 amide bonds. The van der Waals surface area contributed by atoms with E-state index in [0.29, 0.717) is 17.5 Å². The number of carbonyl (C=O) groups is 1. The van der Waals surface area contributed by atoms with Gasteiger partial charge < -0.3 is 10.4 Å². The first-order chi connectivity index (χ1) is 6.06. The van der Waals surface area contributed by atoms with Gasteiger partial charge in [-0.05, 0) is 11.2 Å². The highest BCUT2D eigenvalue weighted by molar-refractivity contribution is 8.00. The third kappa shape index (κ3) is 8.12. The highest BCUT2D eigenvalue weighted by Gasteiger charge is 2.05. The Hall–Kier alpha value is -0.220. The van der Waals surface area contributed by atoms with Gasteiger partial charge in [0.1, 0.15) is 0 Å². The van der Waals surface area contributed by atoms with E-state index in [1.165, 1.54) is 0 Å². The van der Waals surface area contributed by atoms with E-state index in [9.17, 15) is 4.79 Å². The zero-order valence-corrected chi connectivity index (χ0v) is 9.36. The summed E-state index contributed by atoms with van der Waals surface area (Å²) in [5.41, 5.74) is 0. The van der Waals surface area contributed by atoms with Gasteiger partial charge in [0.05, 0.1) is 5.75 Å². The molecule has 0 bridgehead atoms. The van der Waals surface area contributed by atoms with Crippen molar-refractivity contribution in [3.8, 4) is 0 Å². The molecular weight excluding hydrogens is 186 g/mol. The quantitative estimate of drug-likeness (QED) is 0.676. The molecule has 78 valence electrons. The molecular formula is C9H19NO2S. The largest absolute Gasteiger partial charge is 0.396 e. The number of amides is 1. The number of thioether (sulfide) groups is 1. The number of rotatable bonds is 6. The van der Waals surface area contributed by atoms with E-state index < -0.39 is 0 Å². The Morgan fingerprint density at radius 3 is 2.54 bits per heavy atom. The smallest absolute Gasteiger partial charge is 0.230 e. The summed E-state index contributed by atoms with van der Waals surface area (Å²) < 4.78 is 0. The monoisotopic (exact) mass is 205 g/mol. The van der Waals surface area contributed by atoms with Crippen LogP contribution in [0.25, 0.3) is 0 Å². The lowest BCUT2D eigenvalue weighted by molar-refractivity contribution is -0.118. The molecule has 13 heavy (non-hydrogen) atoms. The van der Waals surface area contributed by atoms with Gasteiger partial charge in [-0.2, -0.15) is 0 Å². The molecule has 1 atom stereocenters. The van der Waals surface area contributed by atoms with E-state index in [1.807, 2.05) is 6.92 Å². The van der Waals surface area contributed by atoms with Gasteiger partial charge >= 0.3 is 0 Å². The Morgan fingerprint density at radius 1 is 1.46 bits per heavy atom. The van der Waals surface area contributed by atoms with E-state index >= 15 is 0 Å². The van der Waals surface area contributed by atoms with Crippen LogP contribution in [-0.2, 0) is 4.79 Å². The summed E-state index contributed by atoms with van der Waals surface area (Å²) in [4.78, 5) is 11.2. The Morgan fingerprint density at radius 2 is 2.08 bits per heavy atom. The standard InChI is InChI=1S/C9H19NO2S/c1-7(2)13-6-9(12)10-4-8(3)5-11/h7-8,11H,4-6H2,1-3H3,(H,10,12). The van der Waals surface area contributed by atoms with Gasteiger partial charge in [-0.1, -0.05) is 20.8 Å². The van der Waals surface area contributed by atoms with Crippen molar-refractivity contribution in [3.05, 3.63) is 0 Å². The summed E-state index contributed by atoms with van der Waals surface area (Å²) >= 11 is 1.62. The molecule has 0 spiro atoms. The van der Waals surface area contributed by atoms with Gasteiger partial charge in [-0.15, -0.1) is 11.8 Å². The third-order valence-corrected chi connectivity index (χ3v) is 2.60. The van der Waals surface area contributed by atoms with Crippen molar-refractivity contribution >= 4 is 17.7 Å². The average Bonchev–Trinajstić information content (AvgIpc) is 2.10. The molecule has 0 saturated carbocycles. The molecule has 0 radical (unpaired) electrons. The molecule has 3 nitrogen and oxygen atoms in total. The van der Waals surface area contributed by atoms with Crippen LogP contribution in [0.4, 0.5) is 0 Å². The predicted molar refractivity (Wildman–Crippen MR) is 56.9 cm³/mol. The summed E-state index contributed by atoms with van der Waals surface area (Å²) in [5.74, 6) is 0.711. The number of aliphatic hydroxyl groups is 1. The minimum atomic E-state index is 0.0546. The molecule has 0 aliphatic rings. The highest BCUT2D eigenvalue weighted by atomic mass is 32.2. The van der Waals surface area contributed by atoms with Crippen LogP contribution in [-0.4, -0.2) is 35.2 Å². The maximum absolute atomic E-state index is 11.2. The average molecular weight is 205 g/mol. The SMILES string of the molecule is CC(CO)CNC(=O)CSC(C)C. The van der Waals surface area contributed by atoms with Crippen LogP contribution in [0.2, 0.25) is 0 Å². The first kappa shape index (κ1) is 12.8. The zero-order valence-electron chi connectivity index (χ0n) is 8.54. The van der Waals surface area contributed by atoms with Gasteiger partial charge in [0.15, 0.2) is 0 Å². The van der Waals surface area contributed by atoms with Crippen LogP contribution in [0.5, 0.6) is 0 Å². The van der Waals surface area contributed by atoms with Gasteiger partial charge in [0.2, 0.25) is 5.91 Å². The van der Waals surface area contributed by atoms with E-state index in [0.717, 1.165) is 0 Å². The Kier molecular flexibility index (Phi) is 7.09. The lowest BCUT2D eigenvalue weighted by Gasteiger charge is -2.10. The molecule has 0 saturated heterocycles. The molecule has 2 N–H and O–H groups in total. The fraction of sp³-hybridized carbons (Fsp3) is 0.889. The molecule has 1 unspecified atom stereocenters. The second-order valence-corrected chi connectivity index (χ2v) is 5.02. The summed E-state index contributed by atoms with van der Waals surface area (Å²) in [6, 6.07) is 0. The van der Waals surface area contributed by atoms with Crippen LogP contribution < -0.4 is 5.32 Å². The summed E-state index contributed by atoms with van der Waals surface area (Å²) in [5, 5.41) is 12.0. The second kappa shape index (κ2) is 7.21. The van der Waals surface area contributed by atoms with Crippen LogP contribution in [0.3, 0.4) is 0 Å². The van der Waals surface area contributed by atoms with Crippen molar-refractivity contribution in [3.63, 3.8) is 0 Å². The van der Waals surface area contributed by atoms with Crippen molar-refractivity contribution in [1.82, 2.24) is 5.32 Å². The van der Waals surface area contributed by atoms with Crippen molar-refractivity contribution < 1.29 is 9.90 Å². The van der Waals surface area contributed by atoms with Crippen LogP contribution in [0.15, 0.2) is 0 Å². The molecule has 0 aliphatic heterocycles. The van der Waals surface area contributed by atoms with Crippen LogP contribution >= 0.6 is 11.8 Å². The Labute approximate surface area is 84.3 Å². The van der Waals surface area contributed by atoms with E-state index in [-0.39, 0.29) is 18.4 Å². The third-order valence-electron chi connectivity index (χ3n) is 1.51. The second-order valence-electron chi connectivity index (χ2n) is 3.45. The number of nitrogens with one attached hydrogen (secondary N) is 1. The fourth-order valence-electron chi connectivity index (χ4n) is 0.646. The number of carbonyl (C=O) groups excluding carboxylic acids is 1. The summed E-state index contributed by atoms with van der Waals surface area (Å²) in [6.45, 7) is 6.71. The van der Waals surface area contributed by atoms with Crippen molar-refractivity contribution in [2.75, 3.05) is 18.9 Å². The van der Waals surface area contributed by atoms with E-state index in [2.05, 4.69) is 19.2 Å². The number of aliphatic hydroxyl groups excluding tert-OH is 1. The maximum Gasteiger partial charge on any atom is 0.230 e. The van der Waals surface area contributed by atoms with Gasteiger partial charge in [0, 0.05) is 13.2 Å². The first-order valence-corrected chi connectivity index (χ1v) is 5.60. The molecule has 0 fully saturated rings.